The first-order valence-corrected chi connectivity index (χ1v) is 9.87. The molecule has 3 atom stereocenters. The fourth-order valence-corrected chi connectivity index (χ4v) is 3.87. The first-order chi connectivity index (χ1) is 13.4. The molecule has 1 aliphatic heterocycles. The van der Waals surface area contributed by atoms with Gasteiger partial charge in [-0.2, -0.15) is 5.10 Å². The molecule has 0 fully saturated rings. The van der Waals surface area contributed by atoms with Crippen molar-refractivity contribution in [3.63, 3.8) is 0 Å². The van der Waals surface area contributed by atoms with Crippen LogP contribution >= 0.6 is 0 Å². The molecule has 2 aromatic rings. The van der Waals surface area contributed by atoms with E-state index in [0.717, 1.165) is 35.7 Å². The molecule has 0 amide bonds. The Morgan fingerprint density at radius 3 is 2.57 bits per heavy atom. The molecule has 0 saturated carbocycles. The molecule has 3 unspecified atom stereocenters. The second-order valence-corrected chi connectivity index (χ2v) is 7.59. The summed E-state index contributed by atoms with van der Waals surface area (Å²) < 4.78 is 7.26. The third-order valence-corrected chi connectivity index (χ3v) is 5.50. The Labute approximate surface area is 167 Å². The Kier molecular flexibility index (Phi) is 6.24. The second-order valence-electron chi connectivity index (χ2n) is 7.59. The molecule has 8 heteroatoms. The van der Waals surface area contributed by atoms with Gasteiger partial charge in [0, 0.05) is 18.2 Å². The van der Waals surface area contributed by atoms with Gasteiger partial charge in [-0.15, -0.1) is 0 Å². The smallest absolute Gasteiger partial charge is 0.160 e. The zero-order valence-electron chi connectivity index (χ0n) is 17.2. The first kappa shape index (κ1) is 20.6. The largest absolute Gasteiger partial charge is 0.497 e. The Balaban J connectivity index is 2.02. The molecule has 2 heterocycles. The third-order valence-electron chi connectivity index (χ3n) is 5.50. The number of benzene rings is 1. The molecule has 0 radical (unpaired) electrons. The lowest BCUT2D eigenvalue weighted by molar-refractivity contribution is 0.0229. The highest BCUT2D eigenvalue weighted by atomic mass is 16.5. The molecule has 6 N–H and O–H groups in total. The van der Waals surface area contributed by atoms with E-state index in [9.17, 15) is 0 Å². The van der Waals surface area contributed by atoms with Gasteiger partial charge in [-0.05, 0) is 43.5 Å². The lowest BCUT2D eigenvalue weighted by atomic mass is 10.0. The van der Waals surface area contributed by atoms with Crippen molar-refractivity contribution in [3.8, 4) is 5.75 Å². The van der Waals surface area contributed by atoms with E-state index < -0.39 is 6.29 Å². The molecule has 1 aromatic carbocycles. The van der Waals surface area contributed by atoms with E-state index in [1.807, 2.05) is 29.1 Å². The second kappa shape index (κ2) is 8.48. The van der Waals surface area contributed by atoms with E-state index in [2.05, 4.69) is 41.7 Å². The monoisotopic (exact) mass is 387 g/mol. The number of hydrogen-bond acceptors (Lipinski definition) is 7. The summed E-state index contributed by atoms with van der Waals surface area (Å²) in [6, 6.07) is 7.97. The molecule has 3 rings (SSSR count). The molecule has 154 valence electrons. The van der Waals surface area contributed by atoms with Gasteiger partial charge in [-0.25, -0.2) is 9.58 Å². The van der Waals surface area contributed by atoms with Crippen molar-refractivity contribution < 1.29 is 4.74 Å². The maximum absolute atomic E-state index is 6.76. The number of aromatic nitrogens is 2. The fourth-order valence-electron chi connectivity index (χ4n) is 3.87. The Bertz CT molecular complexity index is 791. The van der Waals surface area contributed by atoms with Gasteiger partial charge in [-0.3, -0.25) is 11.5 Å². The van der Waals surface area contributed by atoms with Crippen LogP contribution in [0.15, 0.2) is 30.5 Å². The number of rotatable bonds is 7. The molecule has 1 aromatic heterocycles. The number of hydrogen-bond donors (Lipinski definition) is 3. The van der Waals surface area contributed by atoms with Crippen LogP contribution in [0.3, 0.4) is 0 Å². The summed E-state index contributed by atoms with van der Waals surface area (Å²) in [4.78, 5) is 4.25. The average molecular weight is 388 g/mol. The van der Waals surface area contributed by atoms with Gasteiger partial charge in [0.15, 0.2) is 6.29 Å². The third kappa shape index (κ3) is 3.60. The standard InChI is InChI=1S/C20H33N7O/c1-13(2)17-12-24-27-18(17)25(10-6-9-21)19(22)26(20(27)23)14(3)15-7-5-8-16(11-15)28-4/h5,7-8,11-14,19-20H,6,9-10,21-23H2,1-4H3. The summed E-state index contributed by atoms with van der Waals surface area (Å²) in [5.41, 5.74) is 21.4. The summed E-state index contributed by atoms with van der Waals surface area (Å²) in [5, 5.41) is 4.61. The number of methoxy groups -OCH3 is 1. The van der Waals surface area contributed by atoms with E-state index in [4.69, 9.17) is 21.9 Å². The zero-order valence-corrected chi connectivity index (χ0v) is 17.2. The summed E-state index contributed by atoms with van der Waals surface area (Å²) in [6.07, 6.45) is 1.90. The molecule has 0 spiro atoms. The van der Waals surface area contributed by atoms with Gasteiger partial charge in [0.2, 0.25) is 0 Å². The van der Waals surface area contributed by atoms with Crippen molar-refractivity contribution in [2.75, 3.05) is 25.1 Å². The number of anilines is 1. The average Bonchev–Trinajstić information content (AvgIpc) is 3.13. The van der Waals surface area contributed by atoms with Crippen molar-refractivity contribution in [3.05, 3.63) is 41.6 Å². The highest BCUT2D eigenvalue weighted by Crippen LogP contribution is 2.39. The highest BCUT2D eigenvalue weighted by Gasteiger charge is 2.40. The van der Waals surface area contributed by atoms with Crippen molar-refractivity contribution in [2.45, 2.75) is 51.7 Å². The van der Waals surface area contributed by atoms with Gasteiger partial charge in [0.25, 0.3) is 0 Å². The van der Waals surface area contributed by atoms with Crippen LogP contribution in [-0.2, 0) is 0 Å². The van der Waals surface area contributed by atoms with Crippen LogP contribution in [0.5, 0.6) is 5.75 Å². The molecule has 1 aliphatic rings. The van der Waals surface area contributed by atoms with Gasteiger partial charge in [-0.1, -0.05) is 26.0 Å². The maximum Gasteiger partial charge on any atom is 0.160 e. The minimum Gasteiger partial charge on any atom is -0.497 e. The predicted octanol–water partition coefficient (Wildman–Crippen LogP) is 1.90. The van der Waals surface area contributed by atoms with Crippen LogP contribution in [0, 0.1) is 0 Å². The van der Waals surface area contributed by atoms with Crippen LogP contribution in [0.2, 0.25) is 0 Å². The van der Waals surface area contributed by atoms with E-state index >= 15 is 0 Å². The van der Waals surface area contributed by atoms with E-state index in [-0.39, 0.29) is 12.3 Å². The normalized spacial score (nSPS) is 21.1. The SMILES string of the molecule is COc1cccc(C(C)N2C(N)N(CCCN)c3c(C(C)C)cnn3C2N)c1. The van der Waals surface area contributed by atoms with Crippen LogP contribution in [0.4, 0.5) is 5.82 Å². The molecule has 8 nitrogen and oxygen atoms in total. The number of nitrogens with two attached hydrogens (primary N) is 3. The molecular weight excluding hydrogens is 354 g/mol. The lowest BCUT2D eigenvalue weighted by Gasteiger charge is -2.49. The Morgan fingerprint density at radius 1 is 1.18 bits per heavy atom. The van der Waals surface area contributed by atoms with Crippen molar-refractivity contribution in [1.82, 2.24) is 14.7 Å². The van der Waals surface area contributed by atoms with Crippen LogP contribution in [-0.4, -0.2) is 41.2 Å². The van der Waals surface area contributed by atoms with E-state index in [1.165, 1.54) is 0 Å². The fraction of sp³-hybridized carbons (Fsp3) is 0.550. The topological polar surface area (TPSA) is 112 Å². The minimum atomic E-state index is -0.465. The van der Waals surface area contributed by atoms with E-state index in [1.54, 1.807) is 7.11 Å². The molecule has 28 heavy (non-hydrogen) atoms. The summed E-state index contributed by atoms with van der Waals surface area (Å²) in [6.45, 7) is 7.76. The molecule has 0 bridgehead atoms. The number of ether oxygens (including phenoxy) is 1. The van der Waals surface area contributed by atoms with Crippen molar-refractivity contribution in [2.24, 2.45) is 17.2 Å². The van der Waals surface area contributed by atoms with Crippen LogP contribution in [0.1, 0.15) is 56.6 Å². The van der Waals surface area contributed by atoms with Gasteiger partial charge in [0.1, 0.15) is 17.9 Å². The summed E-state index contributed by atoms with van der Waals surface area (Å²) >= 11 is 0. The van der Waals surface area contributed by atoms with E-state index in [0.29, 0.717) is 12.5 Å². The van der Waals surface area contributed by atoms with Gasteiger partial charge in [0.05, 0.1) is 13.3 Å². The zero-order chi connectivity index (χ0) is 20.4. The lowest BCUT2D eigenvalue weighted by Crippen LogP contribution is -2.63. The molecular formula is C20H33N7O. The summed E-state index contributed by atoms with van der Waals surface area (Å²) in [7, 11) is 1.67. The van der Waals surface area contributed by atoms with Crippen molar-refractivity contribution >= 4 is 5.82 Å². The first-order valence-electron chi connectivity index (χ1n) is 9.87. The maximum atomic E-state index is 6.76. The van der Waals surface area contributed by atoms with Crippen LogP contribution in [0.25, 0.3) is 0 Å². The minimum absolute atomic E-state index is 0.0275. The molecule has 0 saturated heterocycles. The van der Waals surface area contributed by atoms with Crippen LogP contribution < -0.4 is 26.8 Å². The number of nitrogens with zero attached hydrogens (tertiary/aromatic N) is 4. The molecule has 0 aliphatic carbocycles. The van der Waals surface area contributed by atoms with Gasteiger partial charge < -0.3 is 15.4 Å². The number of fused-ring (bicyclic) bond motifs is 1. The summed E-state index contributed by atoms with van der Waals surface area (Å²) in [5.74, 6) is 2.13. The predicted molar refractivity (Wildman–Crippen MR) is 112 cm³/mol. The van der Waals surface area contributed by atoms with Crippen molar-refractivity contribution in [1.29, 1.82) is 0 Å². The highest BCUT2D eigenvalue weighted by molar-refractivity contribution is 5.51. The van der Waals surface area contributed by atoms with Gasteiger partial charge >= 0.3 is 0 Å². The Hall–Kier alpha value is -2.13. The Morgan fingerprint density at radius 2 is 1.93 bits per heavy atom. The quantitative estimate of drug-likeness (QED) is 0.665.